The SMILES string of the molecule is Cc1cccc(C)c1NC(=O)CN(C)C(=O)c1ccccc1OCCOc1ccccc1. The zero-order valence-electron chi connectivity index (χ0n) is 18.6. The molecule has 6 heteroatoms. The maximum Gasteiger partial charge on any atom is 0.257 e. The van der Waals surface area contributed by atoms with Crippen molar-refractivity contribution in [3.05, 3.63) is 89.5 Å². The highest BCUT2D eigenvalue weighted by Gasteiger charge is 2.19. The van der Waals surface area contributed by atoms with Crippen LogP contribution in [0.1, 0.15) is 21.5 Å². The molecule has 0 aliphatic heterocycles. The summed E-state index contributed by atoms with van der Waals surface area (Å²) in [6, 6.07) is 22.3. The van der Waals surface area contributed by atoms with Crippen LogP contribution in [0, 0.1) is 13.8 Å². The van der Waals surface area contributed by atoms with Crippen LogP contribution in [-0.4, -0.2) is 43.5 Å². The fraction of sp³-hybridized carbons (Fsp3) is 0.231. The molecule has 0 spiro atoms. The molecule has 0 bridgehead atoms. The molecule has 166 valence electrons. The van der Waals surface area contributed by atoms with Crippen molar-refractivity contribution in [3.8, 4) is 11.5 Å². The summed E-state index contributed by atoms with van der Waals surface area (Å²) in [5, 5.41) is 2.91. The number of rotatable bonds is 9. The third-order valence-corrected chi connectivity index (χ3v) is 4.94. The lowest BCUT2D eigenvalue weighted by molar-refractivity contribution is -0.116. The number of benzene rings is 3. The van der Waals surface area contributed by atoms with Gasteiger partial charge in [-0.05, 0) is 49.2 Å². The second kappa shape index (κ2) is 11.0. The van der Waals surface area contributed by atoms with Crippen molar-refractivity contribution in [3.63, 3.8) is 0 Å². The summed E-state index contributed by atoms with van der Waals surface area (Å²) < 4.78 is 11.4. The number of carbonyl (C=O) groups is 2. The van der Waals surface area contributed by atoms with E-state index >= 15 is 0 Å². The Morgan fingerprint density at radius 1 is 0.812 bits per heavy atom. The molecule has 3 aromatic rings. The molecule has 0 heterocycles. The van der Waals surface area contributed by atoms with Gasteiger partial charge < -0.3 is 19.7 Å². The molecule has 0 fully saturated rings. The highest BCUT2D eigenvalue weighted by atomic mass is 16.5. The van der Waals surface area contributed by atoms with Gasteiger partial charge in [-0.1, -0.05) is 48.5 Å². The Morgan fingerprint density at radius 3 is 2.16 bits per heavy atom. The molecule has 0 saturated heterocycles. The number of aryl methyl sites for hydroxylation is 2. The number of hydrogen-bond donors (Lipinski definition) is 1. The van der Waals surface area contributed by atoms with Crippen molar-refractivity contribution in [2.45, 2.75) is 13.8 Å². The minimum atomic E-state index is -0.291. The zero-order valence-corrected chi connectivity index (χ0v) is 18.6. The second-order valence-corrected chi connectivity index (χ2v) is 7.48. The molecular weight excluding hydrogens is 404 g/mol. The van der Waals surface area contributed by atoms with Gasteiger partial charge in [-0.15, -0.1) is 0 Å². The molecule has 6 nitrogen and oxygen atoms in total. The Morgan fingerprint density at radius 2 is 1.44 bits per heavy atom. The van der Waals surface area contributed by atoms with E-state index in [1.807, 2.05) is 62.4 Å². The van der Waals surface area contributed by atoms with Gasteiger partial charge in [0.2, 0.25) is 5.91 Å². The standard InChI is InChI=1S/C26H28N2O4/c1-19-10-9-11-20(2)25(19)27-24(29)18-28(3)26(30)22-14-7-8-15-23(22)32-17-16-31-21-12-5-4-6-13-21/h4-15H,16-18H2,1-3H3,(H,27,29). The lowest BCUT2D eigenvalue weighted by Crippen LogP contribution is -2.35. The first-order valence-electron chi connectivity index (χ1n) is 10.5. The number of amides is 2. The summed E-state index contributed by atoms with van der Waals surface area (Å²) >= 11 is 0. The molecule has 0 unspecified atom stereocenters. The first kappa shape index (κ1) is 22.9. The van der Waals surface area contributed by atoms with Crippen molar-refractivity contribution in [1.29, 1.82) is 0 Å². The summed E-state index contributed by atoms with van der Waals surface area (Å²) in [5.74, 6) is 0.667. The largest absolute Gasteiger partial charge is 0.490 e. The minimum Gasteiger partial charge on any atom is -0.490 e. The summed E-state index contributed by atoms with van der Waals surface area (Å²) in [5.41, 5.74) is 3.13. The molecule has 0 aliphatic rings. The van der Waals surface area contributed by atoms with Crippen molar-refractivity contribution in [2.24, 2.45) is 0 Å². The maximum atomic E-state index is 13.0. The smallest absolute Gasteiger partial charge is 0.257 e. The fourth-order valence-electron chi connectivity index (χ4n) is 3.28. The Balaban J connectivity index is 1.57. The molecule has 0 saturated carbocycles. The number of anilines is 1. The molecule has 32 heavy (non-hydrogen) atoms. The Bertz CT molecular complexity index is 1050. The van der Waals surface area contributed by atoms with Gasteiger partial charge in [0, 0.05) is 12.7 Å². The van der Waals surface area contributed by atoms with Gasteiger partial charge in [-0.3, -0.25) is 9.59 Å². The molecule has 1 N–H and O–H groups in total. The first-order chi connectivity index (χ1) is 15.5. The average Bonchev–Trinajstić information content (AvgIpc) is 2.79. The van der Waals surface area contributed by atoms with Crippen molar-refractivity contribution < 1.29 is 19.1 Å². The van der Waals surface area contributed by atoms with Crippen molar-refractivity contribution in [2.75, 3.05) is 32.1 Å². The highest BCUT2D eigenvalue weighted by Crippen LogP contribution is 2.21. The van der Waals surface area contributed by atoms with E-state index in [4.69, 9.17) is 9.47 Å². The van der Waals surface area contributed by atoms with E-state index in [-0.39, 0.29) is 25.0 Å². The predicted molar refractivity (Wildman–Crippen MR) is 125 cm³/mol. The van der Waals surface area contributed by atoms with Gasteiger partial charge in [0.25, 0.3) is 5.91 Å². The number of nitrogens with one attached hydrogen (secondary N) is 1. The van der Waals surface area contributed by atoms with Crippen LogP contribution in [-0.2, 0) is 4.79 Å². The first-order valence-corrected chi connectivity index (χ1v) is 10.5. The van der Waals surface area contributed by atoms with Gasteiger partial charge in [0.15, 0.2) is 0 Å². The lowest BCUT2D eigenvalue weighted by atomic mass is 10.1. The molecular formula is C26H28N2O4. The molecule has 0 aliphatic carbocycles. The van der Waals surface area contributed by atoms with Crippen molar-refractivity contribution in [1.82, 2.24) is 4.90 Å². The summed E-state index contributed by atoms with van der Waals surface area (Å²) in [6.07, 6.45) is 0. The van der Waals surface area contributed by atoms with Gasteiger partial charge >= 0.3 is 0 Å². The normalized spacial score (nSPS) is 10.3. The molecule has 2 amide bonds. The number of ether oxygens (including phenoxy) is 2. The third-order valence-electron chi connectivity index (χ3n) is 4.94. The van der Waals surface area contributed by atoms with E-state index < -0.39 is 0 Å². The van der Waals surface area contributed by atoms with Crippen LogP contribution in [0.25, 0.3) is 0 Å². The topological polar surface area (TPSA) is 67.9 Å². The minimum absolute atomic E-state index is 0.0714. The third kappa shape index (κ3) is 6.11. The summed E-state index contributed by atoms with van der Waals surface area (Å²) in [6.45, 7) is 4.44. The van der Waals surface area contributed by atoms with Crippen LogP contribution in [0.2, 0.25) is 0 Å². The van der Waals surface area contributed by atoms with Gasteiger partial charge in [-0.25, -0.2) is 0 Å². The Labute approximate surface area is 188 Å². The second-order valence-electron chi connectivity index (χ2n) is 7.48. The van der Waals surface area contributed by atoms with E-state index in [0.29, 0.717) is 17.9 Å². The number of likely N-dealkylation sites (N-methyl/N-ethyl adjacent to an activating group) is 1. The molecule has 0 radical (unpaired) electrons. The predicted octanol–water partition coefficient (Wildman–Crippen LogP) is 4.47. The van der Waals surface area contributed by atoms with Gasteiger partial charge in [0.05, 0.1) is 12.1 Å². The fourth-order valence-corrected chi connectivity index (χ4v) is 3.28. The van der Waals surface area contributed by atoms with E-state index in [9.17, 15) is 9.59 Å². The molecule has 0 atom stereocenters. The van der Waals surface area contributed by atoms with E-state index in [1.54, 1.807) is 31.3 Å². The van der Waals surface area contributed by atoms with E-state index in [1.165, 1.54) is 4.90 Å². The van der Waals surface area contributed by atoms with Crippen LogP contribution in [0.15, 0.2) is 72.8 Å². The van der Waals surface area contributed by atoms with Gasteiger partial charge in [-0.2, -0.15) is 0 Å². The van der Waals surface area contributed by atoms with Crippen LogP contribution < -0.4 is 14.8 Å². The van der Waals surface area contributed by atoms with E-state index in [0.717, 1.165) is 22.6 Å². The molecule has 3 aromatic carbocycles. The van der Waals surface area contributed by atoms with Crippen LogP contribution in [0.3, 0.4) is 0 Å². The monoisotopic (exact) mass is 432 g/mol. The zero-order chi connectivity index (χ0) is 22.9. The maximum absolute atomic E-state index is 13.0. The van der Waals surface area contributed by atoms with Crippen LogP contribution in [0.5, 0.6) is 11.5 Å². The average molecular weight is 433 g/mol. The van der Waals surface area contributed by atoms with Crippen molar-refractivity contribution >= 4 is 17.5 Å². The summed E-state index contributed by atoms with van der Waals surface area (Å²) in [4.78, 5) is 26.9. The summed E-state index contributed by atoms with van der Waals surface area (Å²) in [7, 11) is 1.60. The molecule has 0 aromatic heterocycles. The number of nitrogens with zero attached hydrogens (tertiary/aromatic N) is 1. The van der Waals surface area contributed by atoms with Crippen LogP contribution in [0.4, 0.5) is 5.69 Å². The quantitative estimate of drug-likeness (QED) is 0.507. The van der Waals surface area contributed by atoms with Gasteiger partial charge in [0.1, 0.15) is 24.7 Å². The molecule has 3 rings (SSSR count). The highest BCUT2D eigenvalue weighted by molar-refractivity contribution is 6.01. The number of carbonyl (C=O) groups excluding carboxylic acids is 2. The number of hydrogen-bond acceptors (Lipinski definition) is 4. The van der Waals surface area contributed by atoms with E-state index in [2.05, 4.69) is 5.32 Å². The Hall–Kier alpha value is -3.80. The Kier molecular flexibility index (Phi) is 7.86. The lowest BCUT2D eigenvalue weighted by Gasteiger charge is -2.20. The number of para-hydroxylation sites is 3. The van der Waals surface area contributed by atoms with Crippen LogP contribution >= 0.6 is 0 Å².